The van der Waals surface area contributed by atoms with Crippen molar-refractivity contribution in [2.45, 2.75) is 18.0 Å². The normalized spacial score (nSPS) is 22.6. The molecule has 1 saturated heterocycles. The first-order valence-corrected chi connectivity index (χ1v) is 12.4. The molecule has 1 aromatic heterocycles. The highest BCUT2D eigenvalue weighted by molar-refractivity contribution is 6.32. The molecule has 3 aliphatic rings. The highest BCUT2D eigenvalue weighted by Crippen LogP contribution is 2.60. The third kappa shape index (κ3) is 2.79. The number of anilines is 1. The van der Waals surface area contributed by atoms with Crippen molar-refractivity contribution < 1.29 is 14.4 Å². The van der Waals surface area contributed by atoms with Crippen molar-refractivity contribution >= 4 is 29.1 Å². The minimum Gasteiger partial charge on any atom is -0.352 e. The zero-order valence-corrected chi connectivity index (χ0v) is 19.8. The van der Waals surface area contributed by atoms with Gasteiger partial charge in [-0.3, -0.25) is 19.4 Å². The predicted molar refractivity (Wildman–Crippen MR) is 141 cm³/mol. The van der Waals surface area contributed by atoms with Crippen LogP contribution in [0, 0.1) is 5.41 Å². The number of aromatic nitrogens is 1. The quantitative estimate of drug-likeness (QED) is 0.289. The molecule has 0 radical (unpaired) electrons. The maximum Gasteiger partial charge on any atom is 0.185 e. The third-order valence-corrected chi connectivity index (χ3v) is 8.08. The van der Waals surface area contributed by atoms with E-state index >= 15 is 0 Å². The van der Waals surface area contributed by atoms with Gasteiger partial charge in [-0.2, -0.15) is 0 Å². The lowest BCUT2D eigenvalue weighted by atomic mass is 9.64. The van der Waals surface area contributed by atoms with Crippen LogP contribution in [0.15, 0.2) is 109 Å². The van der Waals surface area contributed by atoms with Crippen LogP contribution in [-0.2, 0) is 0 Å². The zero-order chi connectivity index (χ0) is 25.1. The molecule has 2 aliphatic heterocycles. The number of ketones is 3. The Labute approximate surface area is 214 Å². The molecule has 7 rings (SSSR count). The molecule has 4 aromatic rings. The molecular weight excluding hydrogens is 460 g/mol. The summed E-state index contributed by atoms with van der Waals surface area (Å²) >= 11 is 0. The van der Waals surface area contributed by atoms with Gasteiger partial charge in [-0.15, -0.1) is 0 Å². The fourth-order valence-electron chi connectivity index (χ4n) is 6.62. The molecule has 3 heterocycles. The third-order valence-electron chi connectivity index (χ3n) is 8.08. The number of benzene rings is 3. The average Bonchev–Trinajstić information content (AvgIpc) is 3.40. The van der Waals surface area contributed by atoms with Gasteiger partial charge in [0.15, 0.2) is 17.3 Å². The van der Waals surface area contributed by atoms with E-state index in [-0.39, 0.29) is 17.3 Å². The summed E-state index contributed by atoms with van der Waals surface area (Å²) in [6, 6.07) is 26.2. The number of Topliss-reactive ketones (excluding diaryl/α,β-unsaturated/α-hetero) is 3. The van der Waals surface area contributed by atoms with Gasteiger partial charge in [-0.05, 0) is 23.3 Å². The van der Waals surface area contributed by atoms with Crippen molar-refractivity contribution in [2.75, 3.05) is 4.90 Å². The van der Waals surface area contributed by atoms with Crippen molar-refractivity contribution in [2.24, 2.45) is 5.41 Å². The molecule has 1 spiro atoms. The maximum atomic E-state index is 14.5. The highest BCUT2D eigenvalue weighted by Gasteiger charge is 2.71. The van der Waals surface area contributed by atoms with Crippen molar-refractivity contribution in [1.82, 2.24) is 4.98 Å². The summed E-state index contributed by atoms with van der Waals surface area (Å²) in [5, 5.41) is 0. The first-order chi connectivity index (χ1) is 18.1. The largest absolute Gasteiger partial charge is 0.352 e. The minimum atomic E-state index is -1.49. The van der Waals surface area contributed by atoms with Gasteiger partial charge in [0.05, 0.1) is 6.04 Å². The number of carbonyl (C=O) groups excluding carboxylic acids is 3. The van der Waals surface area contributed by atoms with Gasteiger partial charge in [0.1, 0.15) is 11.5 Å². The van der Waals surface area contributed by atoms with E-state index in [0.29, 0.717) is 22.3 Å². The van der Waals surface area contributed by atoms with Crippen LogP contribution in [0.1, 0.15) is 48.1 Å². The van der Waals surface area contributed by atoms with E-state index in [9.17, 15) is 14.4 Å². The summed E-state index contributed by atoms with van der Waals surface area (Å²) < 4.78 is 0. The van der Waals surface area contributed by atoms with Crippen molar-refractivity contribution in [3.05, 3.63) is 137 Å². The molecule has 37 heavy (non-hydrogen) atoms. The number of fused-ring (bicyclic) bond motifs is 5. The summed E-state index contributed by atoms with van der Waals surface area (Å²) in [4.78, 5) is 49.7. The van der Waals surface area contributed by atoms with Crippen LogP contribution in [0.4, 0.5) is 5.69 Å². The molecule has 0 N–H and O–H groups in total. The molecule has 3 atom stereocenters. The molecule has 0 saturated carbocycles. The summed E-state index contributed by atoms with van der Waals surface area (Å²) in [6.45, 7) is 0. The molecule has 0 amide bonds. The van der Waals surface area contributed by atoms with E-state index in [0.717, 1.165) is 11.3 Å². The Morgan fingerprint density at radius 3 is 2.16 bits per heavy atom. The van der Waals surface area contributed by atoms with Gasteiger partial charge in [0.2, 0.25) is 0 Å². The van der Waals surface area contributed by atoms with Crippen molar-refractivity contribution in [3.63, 3.8) is 0 Å². The van der Waals surface area contributed by atoms with Gasteiger partial charge in [0.25, 0.3) is 0 Å². The minimum absolute atomic E-state index is 0.127. The van der Waals surface area contributed by atoms with Crippen LogP contribution >= 0.6 is 0 Å². The number of pyridine rings is 1. The van der Waals surface area contributed by atoms with E-state index in [1.165, 1.54) is 0 Å². The van der Waals surface area contributed by atoms with Crippen LogP contribution in [0.3, 0.4) is 0 Å². The molecule has 5 nitrogen and oxygen atoms in total. The van der Waals surface area contributed by atoms with E-state index < -0.39 is 23.4 Å². The first kappa shape index (κ1) is 21.6. The lowest BCUT2D eigenvalue weighted by molar-refractivity contribution is 0.0666. The Balaban J connectivity index is 1.56. The molecule has 0 unspecified atom stereocenters. The number of hydrogen-bond acceptors (Lipinski definition) is 5. The Morgan fingerprint density at radius 2 is 1.46 bits per heavy atom. The molecule has 3 aromatic carbocycles. The van der Waals surface area contributed by atoms with E-state index in [2.05, 4.69) is 4.98 Å². The Kier molecular flexibility index (Phi) is 4.64. The molecular formula is C32H22N2O3. The van der Waals surface area contributed by atoms with Crippen LogP contribution < -0.4 is 4.90 Å². The zero-order valence-electron chi connectivity index (χ0n) is 19.8. The highest BCUT2D eigenvalue weighted by atomic mass is 16.2. The molecule has 1 aliphatic carbocycles. The second-order valence-electron chi connectivity index (χ2n) is 9.78. The van der Waals surface area contributed by atoms with Crippen LogP contribution in [0.5, 0.6) is 0 Å². The molecule has 0 bridgehead atoms. The van der Waals surface area contributed by atoms with Gasteiger partial charge in [-0.1, -0.05) is 91.0 Å². The van der Waals surface area contributed by atoms with E-state index in [1.807, 2.05) is 65.6 Å². The van der Waals surface area contributed by atoms with Crippen molar-refractivity contribution in [1.29, 1.82) is 0 Å². The number of carbonyl (C=O) groups is 3. The lowest BCUT2D eigenvalue weighted by Gasteiger charge is -2.37. The van der Waals surface area contributed by atoms with Crippen LogP contribution in [0.25, 0.3) is 6.08 Å². The SMILES string of the molecule is O=C(c1ccccc1)[C@H]1[C@H](c2cccnc2)C2(C(=O)c3ccccc3C2=O)[C@H]2C=Cc3ccccc3N12. The Morgan fingerprint density at radius 1 is 0.784 bits per heavy atom. The lowest BCUT2D eigenvalue weighted by Crippen LogP contribution is -2.48. The molecule has 5 heteroatoms. The fourth-order valence-corrected chi connectivity index (χ4v) is 6.62. The summed E-state index contributed by atoms with van der Waals surface area (Å²) in [5.41, 5.74) is 2.37. The van der Waals surface area contributed by atoms with E-state index in [4.69, 9.17) is 0 Å². The molecule has 178 valence electrons. The van der Waals surface area contributed by atoms with Crippen LogP contribution in [0.2, 0.25) is 0 Å². The molecule has 1 fully saturated rings. The summed E-state index contributed by atoms with van der Waals surface area (Å²) in [7, 11) is 0. The monoisotopic (exact) mass is 482 g/mol. The Hall–Kier alpha value is -4.64. The summed E-state index contributed by atoms with van der Waals surface area (Å²) in [5.74, 6) is -1.33. The van der Waals surface area contributed by atoms with Gasteiger partial charge < -0.3 is 4.90 Å². The topological polar surface area (TPSA) is 67.3 Å². The summed E-state index contributed by atoms with van der Waals surface area (Å²) in [6.07, 6.45) is 7.26. The average molecular weight is 483 g/mol. The maximum absolute atomic E-state index is 14.5. The van der Waals surface area contributed by atoms with Gasteiger partial charge in [-0.25, -0.2) is 0 Å². The first-order valence-electron chi connectivity index (χ1n) is 12.4. The second kappa shape index (κ2) is 7.93. The number of para-hydroxylation sites is 1. The smallest absolute Gasteiger partial charge is 0.185 e. The Bertz CT molecular complexity index is 1570. The standard InChI is InChI=1S/C32H22N2O3/c35-29(21-10-2-1-3-11-21)28-27(22-12-8-18-33-19-22)32(30(36)23-13-5-6-14-24(23)31(32)37)26-17-16-20-9-4-7-15-25(20)34(26)28/h1-19,26-28H/t26-,27+,28-/m1/s1. The number of nitrogens with zero attached hydrogens (tertiary/aromatic N) is 2. The van der Waals surface area contributed by atoms with Crippen LogP contribution in [-0.4, -0.2) is 34.4 Å². The van der Waals surface area contributed by atoms with Gasteiger partial charge in [0, 0.05) is 40.7 Å². The number of rotatable bonds is 3. The number of hydrogen-bond donors (Lipinski definition) is 0. The van der Waals surface area contributed by atoms with E-state index in [1.54, 1.807) is 54.9 Å². The van der Waals surface area contributed by atoms with Gasteiger partial charge >= 0.3 is 0 Å². The predicted octanol–water partition coefficient (Wildman–Crippen LogP) is 5.40. The second-order valence-corrected chi connectivity index (χ2v) is 9.78. The fraction of sp³-hybridized carbons (Fsp3) is 0.125. The van der Waals surface area contributed by atoms with Crippen molar-refractivity contribution in [3.8, 4) is 0 Å².